The molecule has 3 nitrogen and oxygen atoms in total. The minimum atomic E-state index is -1.29. The molecule has 0 bridgehead atoms. The molecule has 1 atom stereocenters. The number of amides is 1. The Hall–Kier alpha value is -1.49. The van der Waals surface area contributed by atoms with Crippen LogP contribution >= 0.6 is 0 Å². The van der Waals surface area contributed by atoms with Gasteiger partial charge in [-0.25, -0.2) is 8.78 Å². The van der Waals surface area contributed by atoms with Crippen LogP contribution in [0.1, 0.15) is 25.3 Å². The van der Waals surface area contributed by atoms with E-state index in [0.717, 1.165) is 25.0 Å². The molecular weight excluding hydrogens is 226 g/mol. The van der Waals surface area contributed by atoms with Gasteiger partial charge in [0, 0.05) is 17.7 Å². The van der Waals surface area contributed by atoms with Gasteiger partial charge < -0.3 is 5.73 Å². The van der Waals surface area contributed by atoms with Crippen LogP contribution in [0.15, 0.2) is 18.2 Å². The van der Waals surface area contributed by atoms with Crippen LogP contribution in [0.25, 0.3) is 0 Å². The zero-order valence-corrected chi connectivity index (χ0v) is 9.47. The fraction of sp³-hybridized carbons (Fsp3) is 0.417. The average molecular weight is 240 g/mol. The molecule has 1 fully saturated rings. The summed E-state index contributed by atoms with van der Waals surface area (Å²) >= 11 is 0. The van der Waals surface area contributed by atoms with Gasteiger partial charge in [-0.15, -0.1) is 0 Å². The predicted molar refractivity (Wildman–Crippen MR) is 59.1 cm³/mol. The van der Waals surface area contributed by atoms with E-state index in [-0.39, 0.29) is 11.6 Å². The molecule has 1 aromatic carbocycles. The Morgan fingerprint density at radius 1 is 1.47 bits per heavy atom. The van der Waals surface area contributed by atoms with E-state index in [9.17, 15) is 13.6 Å². The van der Waals surface area contributed by atoms with Crippen molar-refractivity contribution in [3.63, 3.8) is 0 Å². The van der Waals surface area contributed by atoms with Crippen LogP contribution in [0.4, 0.5) is 8.78 Å². The molecule has 1 amide bonds. The third-order valence-corrected chi connectivity index (χ3v) is 3.03. The molecule has 0 aliphatic heterocycles. The lowest BCUT2D eigenvalue weighted by Crippen LogP contribution is -2.51. The van der Waals surface area contributed by atoms with Crippen molar-refractivity contribution in [3.8, 4) is 0 Å². The third-order valence-electron chi connectivity index (χ3n) is 3.03. The lowest BCUT2D eigenvalue weighted by molar-refractivity contribution is -0.124. The molecule has 0 spiro atoms. The predicted octanol–water partition coefficient (Wildman–Crippen LogP) is 1.42. The number of benzene rings is 1. The van der Waals surface area contributed by atoms with Crippen LogP contribution in [0.3, 0.4) is 0 Å². The van der Waals surface area contributed by atoms with E-state index >= 15 is 0 Å². The van der Waals surface area contributed by atoms with Gasteiger partial charge in [0.25, 0.3) is 0 Å². The number of nitrogens with two attached hydrogens (primary N) is 1. The van der Waals surface area contributed by atoms with Gasteiger partial charge in [0.05, 0.1) is 0 Å². The van der Waals surface area contributed by atoms with Crippen molar-refractivity contribution in [2.24, 2.45) is 5.73 Å². The van der Waals surface area contributed by atoms with Crippen LogP contribution in [0.2, 0.25) is 0 Å². The zero-order chi connectivity index (χ0) is 12.6. The maximum absolute atomic E-state index is 13.7. The number of halogens is 2. The molecule has 1 unspecified atom stereocenters. The molecule has 5 heteroatoms. The largest absolute Gasteiger partial charge is 0.368 e. The maximum atomic E-state index is 13.7. The minimum absolute atomic E-state index is 0.0818. The molecule has 0 aromatic heterocycles. The van der Waals surface area contributed by atoms with Crippen molar-refractivity contribution in [1.82, 2.24) is 5.32 Å². The van der Waals surface area contributed by atoms with E-state index in [1.54, 1.807) is 0 Å². The molecule has 92 valence electrons. The van der Waals surface area contributed by atoms with E-state index in [2.05, 4.69) is 5.32 Å². The van der Waals surface area contributed by atoms with Gasteiger partial charge in [0.1, 0.15) is 17.2 Å². The Balaban J connectivity index is 2.40. The van der Waals surface area contributed by atoms with Crippen molar-refractivity contribution in [3.05, 3.63) is 35.4 Å². The van der Waals surface area contributed by atoms with Gasteiger partial charge in [-0.05, 0) is 25.8 Å². The summed E-state index contributed by atoms with van der Waals surface area (Å²) in [6.45, 7) is 1.52. The number of rotatable bonds is 4. The highest BCUT2D eigenvalue weighted by Crippen LogP contribution is 2.30. The van der Waals surface area contributed by atoms with Crippen LogP contribution in [-0.2, 0) is 10.3 Å². The summed E-state index contributed by atoms with van der Waals surface area (Å²) in [6.07, 6.45) is 1.87. The van der Waals surface area contributed by atoms with E-state index in [4.69, 9.17) is 5.73 Å². The SMILES string of the molecule is CC(NC1CC1)(C(N)=O)c1ccc(F)cc1F. The molecule has 17 heavy (non-hydrogen) atoms. The maximum Gasteiger partial charge on any atom is 0.242 e. The summed E-state index contributed by atoms with van der Waals surface area (Å²) in [6, 6.07) is 3.31. The smallest absolute Gasteiger partial charge is 0.242 e. The number of carbonyl (C=O) groups excluding carboxylic acids is 1. The fourth-order valence-electron chi connectivity index (χ4n) is 1.81. The second-order valence-electron chi connectivity index (χ2n) is 4.53. The molecule has 3 N–H and O–H groups in total. The van der Waals surface area contributed by atoms with E-state index in [1.807, 2.05) is 0 Å². The Morgan fingerprint density at radius 3 is 2.59 bits per heavy atom. The van der Waals surface area contributed by atoms with Crippen molar-refractivity contribution in [1.29, 1.82) is 0 Å². The summed E-state index contributed by atoms with van der Waals surface area (Å²) in [5.41, 5.74) is 4.11. The molecular formula is C12H14F2N2O. The third kappa shape index (κ3) is 2.29. The van der Waals surface area contributed by atoms with Gasteiger partial charge in [-0.3, -0.25) is 10.1 Å². The topological polar surface area (TPSA) is 55.1 Å². The van der Waals surface area contributed by atoms with Gasteiger partial charge in [0.2, 0.25) is 5.91 Å². The highest BCUT2D eigenvalue weighted by molar-refractivity contribution is 5.85. The fourth-order valence-corrected chi connectivity index (χ4v) is 1.81. The van der Waals surface area contributed by atoms with Crippen LogP contribution in [-0.4, -0.2) is 11.9 Å². The normalized spacial score (nSPS) is 18.8. The first-order chi connectivity index (χ1) is 7.93. The minimum Gasteiger partial charge on any atom is -0.368 e. The first-order valence-electron chi connectivity index (χ1n) is 5.46. The molecule has 1 aromatic rings. The number of hydrogen-bond donors (Lipinski definition) is 2. The summed E-state index contributed by atoms with van der Waals surface area (Å²) in [5.74, 6) is -2.11. The van der Waals surface area contributed by atoms with E-state index in [1.165, 1.54) is 13.0 Å². The summed E-state index contributed by atoms with van der Waals surface area (Å²) in [7, 11) is 0. The molecule has 2 rings (SSSR count). The number of carbonyl (C=O) groups is 1. The lowest BCUT2D eigenvalue weighted by Gasteiger charge is -2.28. The second-order valence-corrected chi connectivity index (χ2v) is 4.53. The number of primary amides is 1. The Morgan fingerprint density at radius 2 is 2.12 bits per heavy atom. The van der Waals surface area contributed by atoms with Gasteiger partial charge in [-0.2, -0.15) is 0 Å². The Labute approximate surface area is 98.0 Å². The number of nitrogens with one attached hydrogen (secondary N) is 1. The summed E-state index contributed by atoms with van der Waals surface area (Å²) in [5, 5.41) is 3.01. The zero-order valence-electron chi connectivity index (χ0n) is 9.47. The summed E-state index contributed by atoms with van der Waals surface area (Å²) in [4.78, 5) is 11.5. The highest BCUT2D eigenvalue weighted by Gasteiger charge is 2.40. The van der Waals surface area contributed by atoms with Crippen molar-refractivity contribution < 1.29 is 13.6 Å². The van der Waals surface area contributed by atoms with Crippen LogP contribution in [0, 0.1) is 11.6 Å². The summed E-state index contributed by atoms with van der Waals surface area (Å²) < 4.78 is 26.5. The first-order valence-corrected chi connectivity index (χ1v) is 5.46. The molecule has 0 saturated heterocycles. The van der Waals surface area contributed by atoms with Gasteiger partial charge in [0.15, 0.2) is 0 Å². The lowest BCUT2D eigenvalue weighted by atomic mass is 9.90. The molecule has 0 radical (unpaired) electrons. The Kier molecular flexibility index (Phi) is 2.87. The highest BCUT2D eigenvalue weighted by atomic mass is 19.1. The van der Waals surface area contributed by atoms with Gasteiger partial charge in [-0.1, -0.05) is 6.07 Å². The van der Waals surface area contributed by atoms with Crippen LogP contribution in [0.5, 0.6) is 0 Å². The van der Waals surface area contributed by atoms with Crippen molar-refractivity contribution in [2.75, 3.05) is 0 Å². The van der Waals surface area contributed by atoms with Crippen LogP contribution < -0.4 is 11.1 Å². The monoisotopic (exact) mass is 240 g/mol. The molecule has 0 heterocycles. The quantitative estimate of drug-likeness (QED) is 0.836. The molecule has 1 aliphatic rings. The second kappa shape index (κ2) is 4.07. The molecule has 1 saturated carbocycles. The number of hydrogen-bond acceptors (Lipinski definition) is 2. The van der Waals surface area contributed by atoms with Crippen molar-refractivity contribution >= 4 is 5.91 Å². The Bertz CT molecular complexity index is 460. The van der Waals surface area contributed by atoms with Gasteiger partial charge >= 0.3 is 0 Å². The van der Waals surface area contributed by atoms with E-state index in [0.29, 0.717) is 0 Å². The van der Waals surface area contributed by atoms with Crippen molar-refractivity contribution in [2.45, 2.75) is 31.3 Å². The van der Waals surface area contributed by atoms with E-state index < -0.39 is 23.1 Å². The average Bonchev–Trinajstić information content (AvgIpc) is 3.00. The standard InChI is InChI=1S/C12H14F2N2O/c1-12(11(15)17,16-8-3-4-8)9-5-2-7(13)6-10(9)14/h2,5-6,8,16H,3-4H2,1H3,(H2,15,17). The molecule has 1 aliphatic carbocycles. The first kappa shape index (κ1) is 12.0.